The number of nitrogens with zero attached hydrogens (tertiary/aromatic N) is 1. The molecule has 4 saturated carbocycles. The van der Waals surface area contributed by atoms with Crippen LogP contribution in [-0.4, -0.2) is 27.0 Å². The first-order valence-electron chi connectivity index (χ1n) is 14.0. The van der Waals surface area contributed by atoms with Crippen LogP contribution >= 0.6 is 0 Å². The Hall–Kier alpha value is -3.41. The lowest BCUT2D eigenvalue weighted by atomic mass is 9.48. The molecule has 4 aliphatic carbocycles. The van der Waals surface area contributed by atoms with Crippen LogP contribution in [0.15, 0.2) is 36.4 Å². The molecule has 3 aromatic rings. The number of rotatable bonds is 7. The summed E-state index contributed by atoms with van der Waals surface area (Å²) < 4.78 is 0. The molecule has 6 nitrogen and oxygen atoms in total. The standard InChI is InChI=1S/C32H37N3O3/c1-18-4-7-25(20(3)10-18)29-34-27(8-9-32-15-21-11-22(16-32)13-23(12-21)17-32)28(35-29)30(36)33-24-6-5-19(2)26(14-24)31(37)38/h4-7,10,14,21-23H,8-9,11-13,15-17H2,1-3H3,(H,33,36)(H,34,35)(H,37,38). The Balaban J connectivity index is 1.30. The van der Waals surface area contributed by atoms with E-state index < -0.39 is 5.97 Å². The fraction of sp³-hybridized carbons (Fsp3) is 0.469. The number of aryl methyl sites for hydroxylation is 4. The Kier molecular flexibility index (Phi) is 6.16. The molecule has 0 unspecified atom stereocenters. The number of benzene rings is 2. The molecule has 7 rings (SSSR count). The lowest BCUT2D eigenvalue weighted by molar-refractivity contribution is -0.0570. The van der Waals surface area contributed by atoms with E-state index in [4.69, 9.17) is 4.98 Å². The summed E-state index contributed by atoms with van der Waals surface area (Å²) in [5, 5.41) is 12.4. The average molecular weight is 512 g/mol. The number of imidazole rings is 1. The first-order valence-corrected chi connectivity index (χ1v) is 14.0. The topological polar surface area (TPSA) is 95.1 Å². The smallest absolute Gasteiger partial charge is 0.336 e. The van der Waals surface area contributed by atoms with Crippen LogP contribution in [-0.2, 0) is 6.42 Å². The molecule has 0 atom stereocenters. The van der Waals surface area contributed by atoms with Crippen molar-refractivity contribution in [3.8, 4) is 11.4 Å². The molecule has 1 heterocycles. The molecule has 0 radical (unpaired) electrons. The lowest BCUT2D eigenvalue weighted by Crippen LogP contribution is -2.46. The number of aromatic amines is 1. The molecule has 1 amide bonds. The molecule has 6 heteroatoms. The second kappa shape index (κ2) is 9.40. The molecule has 198 valence electrons. The SMILES string of the molecule is Cc1ccc(-c2nc(C(=O)Nc3ccc(C)c(C(=O)O)c3)c(CCC34CC5CC(CC(C5)C3)C4)[nH]2)c(C)c1. The van der Waals surface area contributed by atoms with Crippen LogP contribution in [0.2, 0.25) is 0 Å². The summed E-state index contributed by atoms with van der Waals surface area (Å²) in [7, 11) is 0. The van der Waals surface area contributed by atoms with Crippen molar-refractivity contribution in [1.29, 1.82) is 0 Å². The maximum Gasteiger partial charge on any atom is 0.336 e. The number of hydrogen-bond donors (Lipinski definition) is 3. The Morgan fingerprint density at radius 1 is 0.974 bits per heavy atom. The molecule has 4 fully saturated rings. The van der Waals surface area contributed by atoms with E-state index in [-0.39, 0.29) is 11.5 Å². The maximum atomic E-state index is 13.6. The van der Waals surface area contributed by atoms with Crippen LogP contribution in [0.5, 0.6) is 0 Å². The van der Waals surface area contributed by atoms with Gasteiger partial charge in [-0.2, -0.15) is 0 Å². The highest BCUT2D eigenvalue weighted by Gasteiger charge is 2.50. The minimum Gasteiger partial charge on any atom is -0.478 e. The molecule has 3 N–H and O–H groups in total. The zero-order valence-electron chi connectivity index (χ0n) is 22.6. The van der Waals surface area contributed by atoms with E-state index in [1.807, 2.05) is 0 Å². The molecule has 4 aliphatic rings. The molecule has 0 saturated heterocycles. The molecule has 0 aliphatic heterocycles. The molecule has 1 aromatic heterocycles. The number of carboxylic acid groups (broad SMARTS) is 1. The third-order valence-electron chi connectivity index (χ3n) is 9.43. The van der Waals surface area contributed by atoms with E-state index in [2.05, 4.69) is 42.3 Å². The van der Waals surface area contributed by atoms with Gasteiger partial charge in [0.05, 0.1) is 5.56 Å². The number of amides is 1. The highest BCUT2D eigenvalue weighted by atomic mass is 16.4. The van der Waals surface area contributed by atoms with Gasteiger partial charge in [-0.3, -0.25) is 4.79 Å². The third-order valence-corrected chi connectivity index (χ3v) is 9.43. The lowest BCUT2D eigenvalue weighted by Gasteiger charge is -2.57. The first-order chi connectivity index (χ1) is 18.2. The zero-order chi connectivity index (χ0) is 26.6. The van der Waals surface area contributed by atoms with Gasteiger partial charge >= 0.3 is 5.97 Å². The average Bonchev–Trinajstić information content (AvgIpc) is 3.27. The number of aromatic nitrogens is 2. The van der Waals surface area contributed by atoms with Gasteiger partial charge in [-0.15, -0.1) is 0 Å². The predicted molar refractivity (Wildman–Crippen MR) is 149 cm³/mol. The van der Waals surface area contributed by atoms with Crippen LogP contribution < -0.4 is 5.32 Å². The van der Waals surface area contributed by atoms with Gasteiger partial charge in [-0.1, -0.05) is 29.8 Å². The fourth-order valence-electron chi connectivity index (χ4n) is 8.09. The second-order valence-electron chi connectivity index (χ2n) is 12.4. The minimum atomic E-state index is -1.01. The summed E-state index contributed by atoms with van der Waals surface area (Å²) >= 11 is 0. The highest BCUT2D eigenvalue weighted by molar-refractivity contribution is 6.04. The summed E-state index contributed by atoms with van der Waals surface area (Å²) in [5.41, 5.74) is 6.28. The van der Waals surface area contributed by atoms with E-state index in [1.54, 1.807) is 19.1 Å². The Labute approximate surface area is 224 Å². The van der Waals surface area contributed by atoms with Crippen molar-refractivity contribution in [3.63, 3.8) is 0 Å². The van der Waals surface area contributed by atoms with Gasteiger partial charge in [0.15, 0.2) is 0 Å². The number of hydrogen-bond acceptors (Lipinski definition) is 3. The number of anilines is 1. The van der Waals surface area contributed by atoms with Crippen molar-refractivity contribution in [2.75, 3.05) is 5.32 Å². The van der Waals surface area contributed by atoms with E-state index in [1.165, 1.54) is 50.2 Å². The molecule has 0 spiro atoms. The largest absolute Gasteiger partial charge is 0.478 e. The van der Waals surface area contributed by atoms with Crippen molar-refractivity contribution in [1.82, 2.24) is 9.97 Å². The number of aromatic carboxylic acids is 1. The van der Waals surface area contributed by atoms with Crippen LogP contribution in [0, 0.1) is 43.9 Å². The predicted octanol–water partition coefficient (Wildman–Crippen LogP) is 7.10. The Bertz CT molecular complexity index is 1380. The Morgan fingerprint density at radius 2 is 1.66 bits per heavy atom. The van der Waals surface area contributed by atoms with Crippen LogP contribution in [0.3, 0.4) is 0 Å². The van der Waals surface area contributed by atoms with Crippen molar-refractivity contribution < 1.29 is 14.7 Å². The van der Waals surface area contributed by atoms with Gasteiger partial charge in [0, 0.05) is 16.9 Å². The van der Waals surface area contributed by atoms with Crippen molar-refractivity contribution in [2.45, 2.75) is 72.1 Å². The van der Waals surface area contributed by atoms with Gasteiger partial charge in [0.1, 0.15) is 11.5 Å². The van der Waals surface area contributed by atoms with E-state index in [0.29, 0.717) is 28.2 Å². The molecule has 4 bridgehead atoms. The number of carboxylic acids is 1. The minimum absolute atomic E-state index is 0.183. The van der Waals surface area contributed by atoms with Crippen LogP contribution in [0.1, 0.15) is 88.2 Å². The first kappa shape index (κ1) is 24.9. The number of nitrogens with one attached hydrogen (secondary N) is 2. The van der Waals surface area contributed by atoms with E-state index in [9.17, 15) is 14.7 Å². The third kappa shape index (κ3) is 4.65. The van der Waals surface area contributed by atoms with Crippen LogP contribution in [0.4, 0.5) is 5.69 Å². The van der Waals surface area contributed by atoms with Crippen molar-refractivity contribution >= 4 is 17.6 Å². The zero-order valence-corrected chi connectivity index (χ0v) is 22.6. The molecule has 38 heavy (non-hydrogen) atoms. The van der Waals surface area contributed by atoms with Crippen molar-refractivity contribution in [3.05, 3.63) is 70.0 Å². The van der Waals surface area contributed by atoms with Crippen LogP contribution in [0.25, 0.3) is 11.4 Å². The second-order valence-corrected chi connectivity index (χ2v) is 12.4. The fourth-order valence-corrected chi connectivity index (χ4v) is 8.09. The van der Waals surface area contributed by atoms with Crippen molar-refractivity contribution in [2.24, 2.45) is 23.2 Å². The summed E-state index contributed by atoms with van der Waals surface area (Å²) in [6.45, 7) is 5.89. The summed E-state index contributed by atoms with van der Waals surface area (Å²) in [4.78, 5) is 33.5. The quantitative estimate of drug-likeness (QED) is 0.315. The maximum absolute atomic E-state index is 13.6. The van der Waals surface area contributed by atoms with Gasteiger partial charge in [-0.25, -0.2) is 9.78 Å². The molecular weight excluding hydrogens is 474 g/mol. The summed E-state index contributed by atoms with van der Waals surface area (Å²) in [5.74, 6) is 2.07. The summed E-state index contributed by atoms with van der Waals surface area (Å²) in [6, 6.07) is 11.2. The van der Waals surface area contributed by atoms with Gasteiger partial charge < -0.3 is 15.4 Å². The van der Waals surface area contributed by atoms with Gasteiger partial charge in [-0.05, 0) is 119 Å². The number of H-pyrrole nitrogens is 1. The molecule has 2 aromatic carbocycles. The van der Waals surface area contributed by atoms with E-state index in [0.717, 1.165) is 47.4 Å². The van der Waals surface area contributed by atoms with Gasteiger partial charge in [0.2, 0.25) is 0 Å². The molecular formula is C32H37N3O3. The normalized spacial score (nSPS) is 25.5. The number of carbonyl (C=O) groups excluding carboxylic acids is 1. The van der Waals surface area contributed by atoms with E-state index >= 15 is 0 Å². The monoisotopic (exact) mass is 511 g/mol. The van der Waals surface area contributed by atoms with Gasteiger partial charge in [0.25, 0.3) is 5.91 Å². The summed E-state index contributed by atoms with van der Waals surface area (Å²) in [6.07, 6.45) is 10.1. The Morgan fingerprint density at radius 3 is 2.29 bits per heavy atom. The number of carbonyl (C=O) groups is 2. The highest BCUT2D eigenvalue weighted by Crippen LogP contribution is 2.61.